The van der Waals surface area contributed by atoms with Crippen LogP contribution in [0.25, 0.3) is 0 Å². The molecule has 0 atom stereocenters. The summed E-state index contributed by atoms with van der Waals surface area (Å²) >= 11 is 0. The third-order valence-electron chi connectivity index (χ3n) is 2.65. The van der Waals surface area contributed by atoms with Gasteiger partial charge >= 0.3 is 0 Å². The summed E-state index contributed by atoms with van der Waals surface area (Å²) in [6.07, 6.45) is 3.22. The molecular weight excluding hydrogens is 240 g/mol. The number of nitrogens with one attached hydrogen (secondary N) is 2. The molecule has 4 nitrogen and oxygen atoms in total. The zero-order valence-electron chi connectivity index (χ0n) is 11.1. The van der Waals surface area contributed by atoms with Crippen molar-refractivity contribution in [2.24, 2.45) is 0 Å². The first-order valence-electron chi connectivity index (χ1n) is 6.31. The predicted octanol–water partition coefficient (Wildman–Crippen LogP) is 3.03. The molecule has 0 saturated carbocycles. The summed E-state index contributed by atoms with van der Waals surface area (Å²) < 4.78 is 4.97. The van der Waals surface area contributed by atoms with Gasteiger partial charge in [0, 0.05) is 23.8 Å². The van der Waals surface area contributed by atoms with Gasteiger partial charge in [0.05, 0.1) is 18.1 Å². The van der Waals surface area contributed by atoms with Crippen molar-refractivity contribution in [3.05, 3.63) is 54.0 Å². The average Bonchev–Trinajstić information content (AvgIpc) is 2.89. The average molecular weight is 258 g/mol. The van der Waals surface area contributed by atoms with Gasteiger partial charge in [-0.2, -0.15) is 0 Å². The Labute approximate surface area is 112 Å². The molecule has 1 amide bonds. The van der Waals surface area contributed by atoms with Crippen LogP contribution in [0.5, 0.6) is 0 Å². The summed E-state index contributed by atoms with van der Waals surface area (Å²) in [6.45, 7) is 4.55. The highest BCUT2D eigenvalue weighted by atomic mass is 16.3. The lowest BCUT2D eigenvalue weighted by Gasteiger charge is -2.14. The first kappa shape index (κ1) is 13.2. The van der Waals surface area contributed by atoms with Gasteiger partial charge in [0.25, 0.3) is 5.91 Å². The van der Waals surface area contributed by atoms with Crippen molar-refractivity contribution >= 4 is 11.6 Å². The molecule has 19 heavy (non-hydrogen) atoms. The maximum Gasteiger partial charge on any atom is 0.253 e. The monoisotopic (exact) mass is 258 g/mol. The van der Waals surface area contributed by atoms with Gasteiger partial charge in [-0.1, -0.05) is 12.1 Å². The van der Waals surface area contributed by atoms with Crippen molar-refractivity contribution in [1.29, 1.82) is 0 Å². The lowest BCUT2D eigenvalue weighted by Crippen LogP contribution is -2.24. The lowest BCUT2D eigenvalue weighted by molar-refractivity contribution is 0.0951. The number of amides is 1. The minimum Gasteiger partial charge on any atom is -0.472 e. The van der Waals surface area contributed by atoms with Gasteiger partial charge < -0.3 is 15.1 Å². The highest BCUT2D eigenvalue weighted by molar-refractivity contribution is 5.99. The van der Waals surface area contributed by atoms with E-state index in [2.05, 4.69) is 10.6 Å². The Morgan fingerprint density at radius 2 is 2.05 bits per heavy atom. The SMILES string of the molecule is CC(C)Nc1ccccc1C(=O)NCc1ccoc1. The first-order chi connectivity index (χ1) is 9.16. The number of hydrogen-bond donors (Lipinski definition) is 2. The largest absolute Gasteiger partial charge is 0.472 e. The third kappa shape index (κ3) is 3.61. The summed E-state index contributed by atoms with van der Waals surface area (Å²) in [5, 5.41) is 6.14. The van der Waals surface area contributed by atoms with Crippen LogP contribution in [0, 0.1) is 0 Å². The van der Waals surface area contributed by atoms with Crippen LogP contribution < -0.4 is 10.6 Å². The molecule has 0 aliphatic carbocycles. The van der Waals surface area contributed by atoms with E-state index < -0.39 is 0 Å². The maximum absolute atomic E-state index is 12.2. The van der Waals surface area contributed by atoms with Crippen molar-refractivity contribution < 1.29 is 9.21 Å². The highest BCUT2D eigenvalue weighted by Crippen LogP contribution is 2.16. The maximum atomic E-state index is 12.2. The normalized spacial score (nSPS) is 10.5. The molecule has 1 aromatic carbocycles. The highest BCUT2D eigenvalue weighted by Gasteiger charge is 2.11. The van der Waals surface area contributed by atoms with Gasteiger partial charge in [-0.15, -0.1) is 0 Å². The molecule has 0 saturated heterocycles. The van der Waals surface area contributed by atoms with Crippen LogP contribution in [0.2, 0.25) is 0 Å². The standard InChI is InChI=1S/C15H18N2O2/c1-11(2)17-14-6-4-3-5-13(14)15(18)16-9-12-7-8-19-10-12/h3-8,10-11,17H,9H2,1-2H3,(H,16,18). The number of carbonyl (C=O) groups excluding carboxylic acids is 1. The summed E-state index contributed by atoms with van der Waals surface area (Å²) in [6, 6.07) is 9.61. The van der Waals surface area contributed by atoms with Crippen LogP contribution in [0.4, 0.5) is 5.69 Å². The van der Waals surface area contributed by atoms with E-state index in [-0.39, 0.29) is 11.9 Å². The molecule has 1 heterocycles. The molecule has 0 fully saturated rings. The fourth-order valence-corrected chi connectivity index (χ4v) is 1.79. The number of para-hydroxylation sites is 1. The van der Waals surface area contributed by atoms with Gasteiger partial charge in [0.2, 0.25) is 0 Å². The molecule has 0 unspecified atom stereocenters. The van der Waals surface area contributed by atoms with Crippen LogP contribution in [0.15, 0.2) is 47.3 Å². The summed E-state index contributed by atoms with van der Waals surface area (Å²) in [7, 11) is 0. The van der Waals surface area contributed by atoms with E-state index in [9.17, 15) is 4.79 Å². The summed E-state index contributed by atoms with van der Waals surface area (Å²) in [5.41, 5.74) is 2.45. The van der Waals surface area contributed by atoms with Crippen molar-refractivity contribution in [2.45, 2.75) is 26.4 Å². The fourth-order valence-electron chi connectivity index (χ4n) is 1.79. The number of rotatable bonds is 5. The quantitative estimate of drug-likeness (QED) is 0.866. The molecular formula is C15H18N2O2. The van der Waals surface area contributed by atoms with Crippen LogP contribution in [0.1, 0.15) is 29.8 Å². The van der Waals surface area contributed by atoms with Gasteiger partial charge in [-0.25, -0.2) is 0 Å². The van der Waals surface area contributed by atoms with E-state index in [0.717, 1.165) is 11.3 Å². The van der Waals surface area contributed by atoms with Crippen molar-refractivity contribution in [1.82, 2.24) is 5.32 Å². The first-order valence-corrected chi connectivity index (χ1v) is 6.31. The zero-order valence-corrected chi connectivity index (χ0v) is 11.1. The number of hydrogen-bond acceptors (Lipinski definition) is 3. The molecule has 100 valence electrons. The van der Waals surface area contributed by atoms with E-state index in [1.165, 1.54) is 0 Å². The topological polar surface area (TPSA) is 54.3 Å². The Morgan fingerprint density at radius 1 is 1.26 bits per heavy atom. The minimum atomic E-state index is -0.0926. The molecule has 1 aromatic heterocycles. The van der Waals surface area contributed by atoms with Crippen LogP contribution >= 0.6 is 0 Å². The smallest absolute Gasteiger partial charge is 0.253 e. The molecule has 0 aliphatic heterocycles. The molecule has 2 aromatic rings. The molecule has 0 radical (unpaired) electrons. The molecule has 4 heteroatoms. The number of furan rings is 1. The molecule has 0 spiro atoms. The van der Waals surface area contributed by atoms with Gasteiger partial charge in [0.1, 0.15) is 0 Å². The zero-order chi connectivity index (χ0) is 13.7. The van der Waals surface area contributed by atoms with Gasteiger partial charge in [0.15, 0.2) is 0 Å². The Morgan fingerprint density at radius 3 is 2.74 bits per heavy atom. The second-order valence-corrected chi connectivity index (χ2v) is 4.66. The second-order valence-electron chi connectivity index (χ2n) is 4.66. The van der Waals surface area contributed by atoms with E-state index in [1.807, 2.05) is 44.2 Å². The van der Waals surface area contributed by atoms with Crippen molar-refractivity contribution in [2.75, 3.05) is 5.32 Å². The van der Waals surface area contributed by atoms with Crippen LogP contribution in [-0.4, -0.2) is 11.9 Å². The van der Waals surface area contributed by atoms with E-state index >= 15 is 0 Å². The Balaban J connectivity index is 2.06. The van der Waals surface area contributed by atoms with E-state index in [1.54, 1.807) is 12.5 Å². The van der Waals surface area contributed by atoms with Crippen LogP contribution in [-0.2, 0) is 6.54 Å². The van der Waals surface area contributed by atoms with Crippen molar-refractivity contribution in [3.63, 3.8) is 0 Å². The fraction of sp³-hybridized carbons (Fsp3) is 0.267. The van der Waals surface area contributed by atoms with E-state index in [0.29, 0.717) is 12.1 Å². The lowest BCUT2D eigenvalue weighted by atomic mass is 10.1. The van der Waals surface area contributed by atoms with Crippen molar-refractivity contribution in [3.8, 4) is 0 Å². The third-order valence-corrected chi connectivity index (χ3v) is 2.65. The molecule has 0 aliphatic rings. The molecule has 2 N–H and O–H groups in total. The number of anilines is 1. The summed E-state index contributed by atoms with van der Waals surface area (Å²) in [5.74, 6) is -0.0926. The number of benzene rings is 1. The Bertz CT molecular complexity index is 533. The Hall–Kier alpha value is -2.23. The summed E-state index contributed by atoms with van der Waals surface area (Å²) in [4.78, 5) is 12.2. The number of carbonyl (C=O) groups is 1. The second kappa shape index (κ2) is 6.09. The molecule has 0 bridgehead atoms. The van der Waals surface area contributed by atoms with Gasteiger partial charge in [-0.05, 0) is 32.0 Å². The predicted molar refractivity (Wildman–Crippen MR) is 75.1 cm³/mol. The van der Waals surface area contributed by atoms with Crippen LogP contribution in [0.3, 0.4) is 0 Å². The van der Waals surface area contributed by atoms with Gasteiger partial charge in [-0.3, -0.25) is 4.79 Å². The van der Waals surface area contributed by atoms with E-state index in [4.69, 9.17) is 4.42 Å². The molecule has 2 rings (SSSR count). The minimum absolute atomic E-state index is 0.0926. The Kier molecular flexibility index (Phi) is 4.23.